The minimum atomic E-state index is -0.0369. The molecule has 2 N–H and O–H groups in total. The largest absolute Gasteiger partial charge is 0.394 e. The first-order chi connectivity index (χ1) is 10.3. The summed E-state index contributed by atoms with van der Waals surface area (Å²) in [5.41, 5.74) is 3.59. The van der Waals surface area contributed by atoms with Crippen molar-refractivity contribution in [1.29, 1.82) is 0 Å². The molecule has 1 heterocycles. The maximum Gasteiger partial charge on any atom is 0.0626 e. The number of aliphatic hydroxyl groups excluding tert-OH is 1. The summed E-state index contributed by atoms with van der Waals surface area (Å²) in [6.07, 6.45) is 2.15. The van der Waals surface area contributed by atoms with Gasteiger partial charge in [-0.1, -0.05) is 48.5 Å². The van der Waals surface area contributed by atoms with E-state index in [4.69, 9.17) is 0 Å². The van der Waals surface area contributed by atoms with Gasteiger partial charge < -0.3 is 15.0 Å². The van der Waals surface area contributed by atoms with E-state index in [9.17, 15) is 5.11 Å². The minimum absolute atomic E-state index is 0.0369. The van der Waals surface area contributed by atoms with Gasteiger partial charge in [-0.25, -0.2) is 0 Å². The van der Waals surface area contributed by atoms with Crippen LogP contribution < -0.4 is 5.32 Å². The van der Waals surface area contributed by atoms with Crippen molar-refractivity contribution < 1.29 is 5.11 Å². The number of aliphatic hydroxyl groups is 1. The quantitative estimate of drug-likeness (QED) is 0.754. The van der Waals surface area contributed by atoms with Gasteiger partial charge in [0.25, 0.3) is 0 Å². The van der Waals surface area contributed by atoms with Crippen molar-refractivity contribution >= 4 is 10.9 Å². The predicted molar refractivity (Wildman–Crippen MR) is 86.0 cm³/mol. The molecular formula is C18H20N2O. The molecule has 0 unspecified atom stereocenters. The highest BCUT2D eigenvalue weighted by Gasteiger charge is 2.11. The summed E-state index contributed by atoms with van der Waals surface area (Å²) >= 11 is 0. The molecule has 0 bridgehead atoms. The topological polar surface area (TPSA) is 37.2 Å². The number of nitrogens with one attached hydrogen (secondary N) is 1. The van der Waals surface area contributed by atoms with E-state index in [0.29, 0.717) is 0 Å². The lowest BCUT2D eigenvalue weighted by Gasteiger charge is -2.16. The van der Waals surface area contributed by atoms with E-state index in [1.54, 1.807) is 0 Å². The van der Waals surface area contributed by atoms with Crippen LogP contribution in [0.2, 0.25) is 0 Å². The van der Waals surface area contributed by atoms with E-state index in [-0.39, 0.29) is 12.6 Å². The van der Waals surface area contributed by atoms with Gasteiger partial charge in [0.15, 0.2) is 0 Å². The monoisotopic (exact) mass is 280 g/mol. The highest BCUT2D eigenvalue weighted by Crippen LogP contribution is 2.21. The molecule has 21 heavy (non-hydrogen) atoms. The van der Waals surface area contributed by atoms with Gasteiger partial charge in [0.05, 0.1) is 12.6 Å². The highest BCUT2D eigenvalue weighted by atomic mass is 16.3. The van der Waals surface area contributed by atoms with E-state index in [1.165, 1.54) is 16.5 Å². The Kier molecular flexibility index (Phi) is 4.04. The standard InChI is InChI=1S/C18H20N2O/c1-20-12-15(16-9-5-6-10-18(16)20)11-19-17(13-21)14-7-3-2-4-8-14/h2-10,12,17,19,21H,11,13H2,1H3/t17-/m1/s1. The number of benzene rings is 2. The Bertz CT molecular complexity index is 718. The van der Waals surface area contributed by atoms with Crippen LogP contribution in [-0.4, -0.2) is 16.3 Å². The maximum atomic E-state index is 9.61. The van der Waals surface area contributed by atoms with Crippen LogP contribution in [0.5, 0.6) is 0 Å². The molecule has 0 spiro atoms. The zero-order valence-corrected chi connectivity index (χ0v) is 12.2. The van der Waals surface area contributed by atoms with Crippen molar-refractivity contribution in [1.82, 2.24) is 9.88 Å². The summed E-state index contributed by atoms with van der Waals surface area (Å²) in [5.74, 6) is 0. The fourth-order valence-electron chi connectivity index (χ4n) is 2.77. The summed E-state index contributed by atoms with van der Waals surface area (Å²) in [6.45, 7) is 0.830. The second-order valence-corrected chi connectivity index (χ2v) is 5.31. The van der Waals surface area contributed by atoms with Gasteiger partial charge in [-0.05, 0) is 17.2 Å². The Morgan fingerprint density at radius 3 is 2.52 bits per heavy atom. The molecule has 1 aromatic heterocycles. The lowest BCUT2D eigenvalue weighted by atomic mass is 10.1. The number of para-hydroxylation sites is 1. The van der Waals surface area contributed by atoms with Crippen molar-refractivity contribution in [3.8, 4) is 0 Å². The Hall–Kier alpha value is -2.10. The van der Waals surface area contributed by atoms with E-state index in [1.807, 2.05) is 30.3 Å². The number of hydrogen-bond acceptors (Lipinski definition) is 2. The van der Waals surface area contributed by atoms with Gasteiger partial charge in [-0.2, -0.15) is 0 Å². The molecule has 0 fully saturated rings. The van der Waals surface area contributed by atoms with Gasteiger partial charge in [0.1, 0.15) is 0 Å². The average Bonchev–Trinajstić information content (AvgIpc) is 2.86. The second kappa shape index (κ2) is 6.12. The second-order valence-electron chi connectivity index (χ2n) is 5.31. The first-order valence-corrected chi connectivity index (χ1v) is 7.21. The molecule has 3 nitrogen and oxygen atoms in total. The lowest BCUT2D eigenvalue weighted by molar-refractivity contribution is 0.244. The van der Waals surface area contributed by atoms with Gasteiger partial charge >= 0.3 is 0 Å². The van der Waals surface area contributed by atoms with Crippen LogP contribution in [0.3, 0.4) is 0 Å². The third-order valence-electron chi connectivity index (χ3n) is 3.90. The number of aryl methyl sites for hydroxylation is 1. The van der Waals surface area contributed by atoms with Crippen LogP contribution >= 0.6 is 0 Å². The summed E-state index contributed by atoms with van der Waals surface area (Å²) < 4.78 is 2.14. The Labute approximate surface area is 124 Å². The molecule has 0 aliphatic heterocycles. The average molecular weight is 280 g/mol. The molecule has 0 amide bonds. The zero-order valence-electron chi connectivity index (χ0n) is 12.2. The summed E-state index contributed by atoms with van der Waals surface area (Å²) in [6, 6.07) is 18.4. The smallest absolute Gasteiger partial charge is 0.0626 e. The van der Waals surface area contributed by atoms with Crippen LogP contribution in [0.4, 0.5) is 0 Å². The van der Waals surface area contributed by atoms with Crippen molar-refractivity contribution in [2.24, 2.45) is 7.05 Å². The van der Waals surface area contributed by atoms with Gasteiger partial charge in [-0.3, -0.25) is 0 Å². The predicted octanol–water partition coefficient (Wildman–Crippen LogP) is 3.00. The number of rotatable bonds is 5. The van der Waals surface area contributed by atoms with Gasteiger partial charge in [0, 0.05) is 30.7 Å². The molecule has 0 saturated carbocycles. The number of hydrogen-bond donors (Lipinski definition) is 2. The molecule has 3 rings (SSSR count). The molecule has 3 aromatic rings. The van der Waals surface area contributed by atoms with Crippen molar-refractivity contribution in [2.45, 2.75) is 12.6 Å². The first-order valence-electron chi connectivity index (χ1n) is 7.21. The molecule has 2 aromatic carbocycles. The fourth-order valence-corrected chi connectivity index (χ4v) is 2.77. The molecule has 3 heteroatoms. The Morgan fingerprint density at radius 2 is 1.76 bits per heavy atom. The van der Waals surface area contributed by atoms with Gasteiger partial charge in [0.2, 0.25) is 0 Å². The van der Waals surface area contributed by atoms with Crippen LogP contribution in [0.15, 0.2) is 60.8 Å². The van der Waals surface area contributed by atoms with Crippen LogP contribution in [-0.2, 0) is 13.6 Å². The Morgan fingerprint density at radius 1 is 1.05 bits per heavy atom. The van der Waals surface area contributed by atoms with E-state index >= 15 is 0 Å². The van der Waals surface area contributed by atoms with E-state index in [2.05, 4.69) is 47.4 Å². The lowest BCUT2D eigenvalue weighted by Crippen LogP contribution is -2.23. The summed E-state index contributed by atoms with van der Waals surface area (Å²) in [7, 11) is 2.06. The van der Waals surface area contributed by atoms with Crippen LogP contribution in [0.1, 0.15) is 17.2 Å². The molecule has 108 valence electrons. The first kappa shape index (κ1) is 13.9. The molecule has 0 aliphatic rings. The number of nitrogens with zero attached hydrogens (tertiary/aromatic N) is 1. The summed E-state index contributed by atoms with van der Waals surface area (Å²) in [4.78, 5) is 0. The third-order valence-corrected chi connectivity index (χ3v) is 3.90. The highest BCUT2D eigenvalue weighted by molar-refractivity contribution is 5.83. The number of fused-ring (bicyclic) bond motifs is 1. The van der Waals surface area contributed by atoms with Crippen molar-refractivity contribution in [2.75, 3.05) is 6.61 Å². The Balaban J connectivity index is 1.80. The zero-order chi connectivity index (χ0) is 14.7. The third kappa shape index (κ3) is 2.84. The SMILES string of the molecule is Cn1cc(CN[C@H](CO)c2ccccc2)c2ccccc21. The van der Waals surface area contributed by atoms with E-state index < -0.39 is 0 Å². The molecule has 1 atom stereocenters. The van der Waals surface area contributed by atoms with Crippen molar-refractivity contribution in [3.05, 3.63) is 71.9 Å². The van der Waals surface area contributed by atoms with Crippen LogP contribution in [0.25, 0.3) is 10.9 Å². The minimum Gasteiger partial charge on any atom is -0.394 e. The molecule has 0 aliphatic carbocycles. The fraction of sp³-hybridized carbons (Fsp3) is 0.222. The molecule has 0 saturated heterocycles. The molecule has 0 radical (unpaired) electrons. The van der Waals surface area contributed by atoms with Crippen LogP contribution in [0, 0.1) is 0 Å². The maximum absolute atomic E-state index is 9.61. The van der Waals surface area contributed by atoms with E-state index in [0.717, 1.165) is 12.1 Å². The van der Waals surface area contributed by atoms with Gasteiger partial charge in [-0.15, -0.1) is 0 Å². The van der Waals surface area contributed by atoms with Crippen molar-refractivity contribution in [3.63, 3.8) is 0 Å². The summed E-state index contributed by atoms with van der Waals surface area (Å²) in [5, 5.41) is 14.3. The molecular weight excluding hydrogens is 260 g/mol. The normalized spacial score (nSPS) is 12.7. The number of aromatic nitrogens is 1.